The van der Waals surface area contributed by atoms with Crippen molar-refractivity contribution in [1.29, 1.82) is 0 Å². The monoisotopic (exact) mass is 440 g/mol. The fraction of sp³-hybridized carbons (Fsp3) is 0.208. The standard InChI is InChI=1S/C24H25FN2O3S/c1-3-19-9-15-22(16-10-19)27(31(29,30)23-7-5-4-6-8-23)17-24(28)26-18(2)20-11-13-21(25)14-12-20/h4-16,18H,3,17H2,1-2H3,(H,26,28)/t18-/m0/s1. The Labute approximate surface area is 182 Å². The number of benzene rings is 3. The first kappa shape index (κ1) is 22.5. The number of rotatable bonds is 8. The molecule has 5 nitrogen and oxygen atoms in total. The maximum atomic E-state index is 13.3. The number of nitrogens with one attached hydrogen (secondary N) is 1. The molecule has 0 saturated heterocycles. The van der Waals surface area contributed by atoms with E-state index in [0.29, 0.717) is 5.69 Å². The highest BCUT2D eigenvalue weighted by atomic mass is 32.2. The molecule has 7 heteroatoms. The van der Waals surface area contributed by atoms with E-state index in [0.717, 1.165) is 21.9 Å². The quantitative estimate of drug-likeness (QED) is 0.562. The molecule has 0 aliphatic rings. The van der Waals surface area contributed by atoms with E-state index in [4.69, 9.17) is 0 Å². The third-order valence-electron chi connectivity index (χ3n) is 5.00. The van der Waals surface area contributed by atoms with Gasteiger partial charge in [0.15, 0.2) is 0 Å². The number of carbonyl (C=O) groups excluding carboxylic acids is 1. The van der Waals surface area contributed by atoms with Crippen molar-refractivity contribution in [3.63, 3.8) is 0 Å². The lowest BCUT2D eigenvalue weighted by molar-refractivity contribution is -0.120. The molecule has 31 heavy (non-hydrogen) atoms. The van der Waals surface area contributed by atoms with Crippen molar-refractivity contribution >= 4 is 21.6 Å². The van der Waals surface area contributed by atoms with Crippen LogP contribution < -0.4 is 9.62 Å². The van der Waals surface area contributed by atoms with E-state index in [1.54, 1.807) is 49.4 Å². The summed E-state index contributed by atoms with van der Waals surface area (Å²) in [5.41, 5.74) is 2.19. The lowest BCUT2D eigenvalue weighted by Gasteiger charge is -2.25. The second-order valence-electron chi connectivity index (χ2n) is 7.19. The van der Waals surface area contributed by atoms with Crippen molar-refractivity contribution in [3.05, 3.63) is 95.8 Å². The maximum Gasteiger partial charge on any atom is 0.264 e. The topological polar surface area (TPSA) is 66.5 Å². The summed E-state index contributed by atoms with van der Waals surface area (Å²) in [7, 11) is -3.95. The molecule has 0 aromatic heterocycles. The van der Waals surface area contributed by atoms with Crippen molar-refractivity contribution in [3.8, 4) is 0 Å². The normalized spacial score (nSPS) is 12.2. The number of hydrogen-bond donors (Lipinski definition) is 1. The van der Waals surface area contributed by atoms with Gasteiger partial charge in [-0.25, -0.2) is 12.8 Å². The average Bonchev–Trinajstić information content (AvgIpc) is 2.78. The third kappa shape index (κ3) is 5.49. The number of aryl methyl sites for hydroxylation is 1. The molecule has 0 aliphatic heterocycles. The minimum absolute atomic E-state index is 0.106. The number of amides is 1. The molecule has 0 heterocycles. The summed E-state index contributed by atoms with van der Waals surface area (Å²) in [5.74, 6) is -0.825. The molecule has 0 saturated carbocycles. The molecule has 162 valence electrons. The van der Waals surface area contributed by atoms with E-state index in [1.165, 1.54) is 24.3 Å². The highest BCUT2D eigenvalue weighted by Gasteiger charge is 2.27. The second-order valence-corrected chi connectivity index (χ2v) is 9.05. The molecule has 0 unspecified atom stereocenters. The molecule has 3 rings (SSSR count). The first-order chi connectivity index (χ1) is 14.8. The molecule has 0 spiro atoms. The van der Waals surface area contributed by atoms with E-state index in [9.17, 15) is 17.6 Å². The molecule has 0 fully saturated rings. The average molecular weight is 441 g/mol. The lowest BCUT2D eigenvalue weighted by Crippen LogP contribution is -2.41. The lowest BCUT2D eigenvalue weighted by atomic mass is 10.1. The van der Waals surface area contributed by atoms with E-state index in [2.05, 4.69) is 5.32 Å². The maximum absolute atomic E-state index is 13.3. The predicted molar refractivity (Wildman–Crippen MR) is 120 cm³/mol. The Morgan fingerprint density at radius 1 is 0.968 bits per heavy atom. The van der Waals surface area contributed by atoms with Crippen molar-refractivity contribution in [2.75, 3.05) is 10.8 Å². The fourth-order valence-corrected chi connectivity index (χ4v) is 4.63. The van der Waals surface area contributed by atoms with Crippen molar-refractivity contribution in [2.24, 2.45) is 0 Å². The minimum Gasteiger partial charge on any atom is -0.348 e. The van der Waals surface area contributed by atoms with Gasteiger partial charge in [0, 0.05) is 0 Å². The van der Waals surface area contributed by atoms with Gasteiger partial charge in [0.05, 0.1) is 16.6 Å². The van der Waals surface area contributed by atoms with Gasteiger partial charge in [-0.05, 0) is 60.9 Å². The zero-order valence-electron chi connectivity index (χ0n) is 17.5. The first-order valence-electron chi connectivity index (χ1n) is 10.0. The minimum atomic E-state index is -3.95. The fourth-order valence-electron chi connectivity index (χ4n) is 3.19. The van der Waals surface area contributed by atoms with Gasteiger partial charge in [-0.2, -0.15) is 0 Å². The highest BCUT2D eigenvalue weighted by molar-refractivity contribution is 7.92. The summed E-state index contributed by atoms with van der Waals surface area (Å²) in [6.45, 7) is 3.39. The number of halogens is 1. The zero-order valence-corrected chi connectivity index (χ0v) is 18.3. The Morgan fingerprint density at radius 3 is 2.16 bits per heavy atom. The number of anilines is 1. The van der Waals surface area contributed by atoms with Crippen LogP contribution in [0.1, 0.15) is 31.0 Å². The van der Waals surface area contributed by atoms with Crippen LogP contribution in [0.2, 0.25) is 0 Å². The van der Waals surface area contributed by atoms with Crippen LogP contribution in [-0.4, -0.2) is 20.9 Å². The smallest absolute Gasteiger partial charge is 0.264 e. The molecule has 0 bridgehead atoms. The largest absolute Gasteiger partial charge is 0.348 e. The summed E-state index contributed by atoms with van der Waals surface area (Å²) < 4.78 is 40.9. The van der Waals surface area contributed by atoms with Crippen molar-refractivity contribution in [1.82, 2.24) is 5.32 Å². The Bertz CT molecular complexity index is 1120. The summed E-state index contributed by atoms with van der Waals surface area (Å²) >= 11 is 0. The van der Waals surface area contributed by atoms with Crippen LogP contribution >= 0.6 is 0 Å². The van der Waals surface area contributed by atoms with Gasteiger partial charge in [0.1, 0.15) is 12.4 Å². The van der Waals surface area contributed by atoms with Crippen LogP contribution in [0.15, 0.2) is 83.8 Å². The van der Waals surface area contributed by atoms with Crippen LogP contribution in [0.3, 0.4) is 0 Å². The second kappa shape index (κ2) is 9.75. The van der Waals surface area contributed by atoms with Gasteiger partial charge in [-0.1, -0.05) is 49.4 Å². The van der Waals surface area contributed by atoms with Crippen LogP contribution in [-0.2, 0) is 21.2 Å². The molecular weight excluding hydrogens is 415 g/mol. The van der Waals surface area contributed by atoms with Gasteiger partial charge in [0.25, 0.3) is 10.0 Å². The Morgan fingerprint density at radius 2 is 1.58 bits per heavy atom. The van der Waals surface area contributed by atoms with Crippen molar-refractivity contribution in [2.45, 2.75) is 31.2 Å². The molecule has 0 radical (unpaired) electrons. The van der Waals surface area contributed by atoms with Crippen LogP contribution in [0.25, 0.3) is 0 Å². The van der Waals surface area contributed by atoms with Crippen molar-refractivity contribution < 1.29 is 17.6 Å². The molecular formula is C24H25FN2O3S. The highest BCUT2D eigenvalue weighted by Crippen LogP contribution is 2.24. The summed E-state index contributed by atoms with van der Waals surface area (Å²) in [4.78, 5) is 12.9. The molecule has 1 N–H and O–H groups in total. The Kier molecular flexibility index (Phi) is 7.07. The Balaban J connectivity index is 1.87. The van der Waals surface area contributed by atoms with Crippen LogP contribution in [0, 0.1) is 5.82 Å². The van der Waals surface area contributed by atoms with Gasteiger partial charge in [0.2, 0.25) is 5.91 Å². The number of sulfonamides is 1. The van der Waals surface area contributed by atoms with Gasteiger partial charge < -0.3 is 5.32 Å². The van der Waals surface area contributed by atoms with Gasteiger partial charge in [-0.15, -0.1) is 0 Å². The summed E-state index contributed by atoms with van der Waals surface area (Å²) in [5, 5.41) is 2.79. The predicted octanol–water partition coefficient (Wildman–Crippen LogP) is 4.46. The molecule has 0 aliphatic carbocycles. The van der Waals surface area contributed by atoms with E-state index in [1.807, 2.05) is 19.1 Å². The first-order valence-corrected chi connectivity index (χ1v) is 11.5. The van der Waals surface area contributed by atoms with Crippen LogP contribution in [0.5, 0.6) is 0 Å². The summed E-state index contributed by atoms with van der Waals surface area (Å²) in [6, 6.07) is 20.5. The van der Waals surface area contributed by atoms with Gasteiger partial charge >= 0.3 is 0 Å². The van der Waals surface area contributed by atoms with E-state index in [-0.39, 0.29) is 17.3 Å². The van der Waals surface area contributed by atoms with Gasteiger partial charge in [-0.3, -0.25) is 9.10 Å². The Hall–Kier alpha value is -3.19. The van der Waals surface area contributed by atoms with E-state index < -0.39 is 22.0 Å². The third-order valence-corrected chi connectivity index (χ3v) is 6.79. The SMILES string of the molecule is CCc1ccc(N(CC(=O)N[C@@H](C)c2ccc(F)cc2)S(=O)(=O)c2ccccc2)cc1. The van der Waals surface area contributed by atoms with Crippen LogP contribution in [0.4, 0.5) is 10.1 Å². The zero-order chi connectivity index (χ0) is 22.4. The molecule has 1 amide bonds. The molecule has 3 aromatic rings. The number of carbonyl (C=O) groups is 1. The molecule has 1 atom stereocenters. The number of nitrogens with zero attached hydrogens (tertiary/aromatic N) is 1. The number of hydrogen-bond acceptors (Lipinski definition) is 3. The van der Waals surface area contributed by atoms with E-state index >= 15 is 0 Å². The summed E-state index contributed by atoms with van der Waals surface area (Å²) in [6.07, 6.45) is 0.821. The molecule has 3 aromatic carbocycles.